The maximum Gasteiger partial charge on any atom is 0.276 e. The number of nitrogens with zero attached hydrogens (tertiary/aromatic N) is 4. The average molecular weight is 455 g/mol. The number of carbonyl (C=O) groups is 3. The monoisotopic (exact) mass is 454 g/mol. The first-order chi connectivity index (χ1) is 15.4. The largest absolute Gasteiger partial charge is 0.370 e. The van der Waals surface area contributed by atoms with E-state index in [1.165, 1.54) is 18.5 Å². The number of aromatic nitrogens is 1. The number of halogens is 1. The van der Waals surface area contributed by atoms with Gasteiger partial charge in [0, 0.05) is 24.1 Å². The molecule has 2 aliphatic heterocycles. The third-order valence-corrected chi connectivity index (χ3v) is 5.10. The number of nitrogens with one attached hydrogen (secondary N) is 1. The van der Waals surface area contributed by atoms with E-state index in [4.69, 9.17) is 22.1 Å². The number of carbonyl (C=O) groups excluding carboxylic acids is 3. The van der Waals surface area contributed by atoms with Crippen LogP contribution in [0.2, 0.25) is 5.15 Å². The zero-order valence-corrected chi connectivity index (χ0v) is 17.6. The molecule has 3 heterocycles. The molecule has 1 fully saturated rings. The fraction of sp³-hybridized carbons (Fsp3) is 0.190. The van der Waals surface area contributed by atoms with Crippen LogP contribution in [0.5, 0.6) is 0 Å². The van der Waals surface area contributed by atoms with Gasteiger partial charge in [0.2, 0.25) is 0 Å². The van der Waals surface area contributed by atoms with Gasteiger partial charge in [0.15, 0.2) is 5.70 Å². The lowest BCUT2D eigenvalue weighted by molar-refractivity contribution is -0.125. The number of hydrogen-bond acceptors (Lipinski definition) is 7. The Kier molecular flexibility index (Phi) is 6.15. The first kappa shape index (κ1) is 21.5. The minimum atomic E-state index is -0.798. The van der Waals surface area contributed by atoms with Gasteiger partial charge >= 0.3 is 0 Å². The van der Waals surface area contributed by atoms with Gasteiger partial charge in [0.05, 0.1) is 25.0 Å². The van der Waals surface area contributed by atoms with E-state index in [0.717, 1.165) is 0 Å². The van der Waals surface area contributed by atoms with E-state index in [-0.39, 0.29) is 35.6 Å². The van der Waals surface area contributed by atoms with Gasteiger partial charge in [-0.15, -0.1) is 0 Å². The van der Waals surface area contributed by atoms with Gasteiger partial charge in [-0.05, 0) is 36.4 Å². The summed E-state index contributed by atoms with van der Waals surface area (Å²) >= 11 is 5.76. The Balaban J connectivity index is 1.60. The summed E-state index contributed by atoms with van der Waals surface area (Å²) in [4.78, 5) is 48.4. The van der Waals surface area contributed by atoms with Crippen molar-refractivity contribution < 1.29 is 19.1 Å². The highest BCUT2D eigenvalue weighted by Crippen LogP contribution is 2.27. The second kappa shape index (κ2) is 9.16. The molecular weight excluding hydrogens is 436 g/mol. The highest BCUT2D eigenvalue weighted by Gasteiger charge is 2.28. The number of nitrogens with two attached hydrogens (primary N) is 1. The van der Waals surface area contributed by atoms with E-state index in [2.05, 4.69) is 15.3 Å². The van der Waals surface area contributed by atoms with Crippen LogP contribution in [0, 0.1) is 0 Å². The van der Waals surface area contributed by atoms with E-state index in [0.29, 0.717) is 30.2 Å². The number of primary amides is 1. The van der Waals surface area contributed by atoms with Crippen LogP contribution >= 0.6 is 11.6 Å². The predicted molar refractivity (Wildman–Crippen MR) is 120 cm³/mol. The maximum atomic E-state index is 12.8. The van der Waals surface area contributed by atoms with Crippen molar-refractivity contribution in [3.05, 3.63) is 59.1 Å². The fourth-order valence-corrected chi connectivity index (χ4v) is 3.50. The molecule has 4 rings (SSSR count). The Bertz CT molecular complexity index is 1110. The third-order valence-electron chi connectivity index (χ3n) is 4.87. The standard InChI is InChI=1S/C21H19ClN6O4/c22-16-6-1-13(11-25-16)26-21(31)18-19(20(23)30)28(8-7-24-18)15-4-2-14(3-5-15)27-9-10-32-12-17(27)29/h1-7,11H,8-10,12H2,(H2,23,30)(H,26,31). The van der Waals surface area contributed by atoms with Crippen LogP contribution in [0.1, 0.15) is 0 Å². The smallest absolute Gasteiger partial charge is 0.276 e. The van der Waals surface area contributed by atoms with Crippen LogP contribution in [-0.2, 0) is 19.1 Å². The van der Waals surface area contributed by atoms with Crippen molar-refractivity contribution >= 4 is 52.6 Å². The summed E-state index contributed by atoms with van der Waals surface area (Å²) in [5.41, 5.74) is 7.18. The zero-order valence-electron chi connectivity index (χ0n) is 16.8. The van der Waals surface area contributed by atoms with E-state index in [1.807, 2.05) is 0 Å². The summed E-state index contributed by atoms with van der Waals surface area (Å²) in [7, 11) is 0. The highest BCUT2D eigenvalue weighted by atomic mass is 35.5. The molecule has 0 saturated carbocycles. The first-order valence-corrected chi connectivity index (χ1v) is 10.1. The highest BCUT2D eigenvalue weighted by molar-refractivity contribution is 6.29. The number of rotatable bonds is 5. The van der Waals surface area contributed by atoms with Gasteiger partial charge in [-0.3, -0.25) is 19.4 Å². The summed E-state index contributed by atoms with van der Waals surface area (Å²) in [6.45, 7) is 1.21. The lowest BCUT2D eigenvalue weighted by Gasteiger charge is -2.30. The minimum Gasteiger partial charge on any atom is -0.370 e. The van der Waals surface area contributed by atoms with Crippen LogP contribution in [0.3, 0.4) is 0 Å². The lowest BCUT2D eigenvalue weighted by Crippen LogP contribution is -2.41. The van der Waals surface area contributed by atoms with Crippen LogP contribution in [0.4, 0.5) is 17.1 Å². The molecule has 1 aromatic heterocycles. The SMILES string of the molecule is NC(=O)C1=C(C(=O)Nc2ccc(Cl)nc2)N=CCN1c1ccc(N2CCOCC2=O)cc1. The number of pyridine rings is 1. The van der Waals surface area contributed by atoms with Gasteiger partial charge < -0.3 is 25.6 Å². The number of benzene rings is 1. The number of anilines is 3. The van der Waals surface area contributed by atoms with Gasteiger partial charge in [-0.25, -0.2) is 4.98 Å². The van der Waals surface area contributed by atoms with Crippen LogP contribution < -0.4 is 20.9 Å². The van der Waals surface area contributed by atoms with Crippen molar-refractivity contribution in [2.24, 2.45) is 10.7 Å². The van der Waals surface area contributed by atoms with Gasteiger partial charge in [-0.2, -0.15) is 0 Å². The van der Waals surface area contributed by atoms with Crippen molar-refractivity contribution in [2.45, 2.75) is 0 Å². The molecule has 3 N–H and O–H groups in total. The predicted octanol–water partition coefficient (Wildman–Crippen LogP) is 1.32. The fourth-order valence-electron chi connectivity index (χ4n) is 3.39. The number of morpholine rings is 1. The normalized spacial score (nSPS) is 16.3. The molecule has 1 saturated heterocycles. The summed E-state index contributed by atoms with van der Waals surface area (Å²) in [6.07, 6.45) is 2.90. The quantitative estimate of drug-likeness (QED) is 0.655. The van der Waals surface area contributed by atoms with E-state index in [1.54, 1.807) is 40.1 Å². The molecule has 0 radical (unpaired) electrons. The molecular formula is C21H19ClN6O4. The van der Waals surface area contributed by atoms with Crippen LogP contribution in [0.15, 0.2) is 59.0 Å². The number of amides is 3. The second-order valence-electron chi connectivity index (χ2n) is 6.92. The van der Waals surface area contributed by atoms with Crippen LogP contribution in [-0.4, -0.2) is 55.2 Å². The molecule has 164 valence electrons. The molecule has 0 unspecified atom stereocenters. The zero-order chi connectivity index (χ0) is 22.7. The van der Waals surface area contributed by atoms with Crippen molar-refractivity contribution in [1.29, 1.82) is 0 Å². The molecule has 0 atom stereocenters. The van der Waals surface area contributed by atoms with E-state index < -0.39 is 11.8 Å². The molecule has 11 heteroatoms. The second-order valence-corrected chi connectivity index (χ2v) is 7.31. The molecule has 3 amide bonds. The summed E-state index contributed by atoms with van der Waals surface area (Å²) in [6, 6.07) is 10.1. The van der Waals surface area contributed by atoms with Crippen molar-refractivity contribution in [3.63, 3.8) is 0 Å². The third kappa shape index (κ3) is 4.46. The molecule has 2 aliphatic rings. The maximum absolute atomic E-state index is 12.8. The van der Waals surface area contributed by atoms with Crippen molar-refractivity contribution in [2.75, 3.05) is 41.4 Å². The summed E-state index contributed by atoms with van der Waals surface area (Å²) in [5.74, 6) is -1.53. The van der Waals surface area contributed by atoms with Crippen molar-refractivity contribution in [1.82, 2.24) is 4.98 Å². The molecule has 1 aromatic carbocycles. The average Bonchev–Trinajstić information content (AvgIpc) is 2.80. The molecule has 32 heavy (non-hydrogen) atoms. The van der Waals surface area contributed by atoms with Gasteiger partial charge in [-0.1, -0.05) is 11.6 Å². The Morgan fingerprint density at radius 3 is 2.44 bits per heavy atom. The lowest BCUT2D eigenvalue weighted by atomic mass is 10.1. The Morgan fingerprint density at radius 1 is 1.09 bits per heavy atom. The van der Waals surface area contributed by atoms with Crippen molar-refractivity contribution in [3.8, 4) is 0 Å². The molecule has 0 bridgehead atoms. The molecule has 2 aromatic rings. The molecule has 0 aliphatic carbocycles. The Labute approximate surface area is 188 Å². The molecule has 0 spiro atoms. The Morgan fingerprint density at radius 2 is 1.81 bits per heavy atom. The number of hydrogen-bond donors (Lipinski definition) is 2. The number of aliphatic imine (C=N–C) groups is 1. The topological polar surface area (TPSA) is 130 Å². The van der Waals surface area contributed by atoms with Gasteiger partial charge in [0.1, 0.15) is 17.5 Å². The van der Waals surface area contributed by atoms with E-state index >= 15 is 0 Å². The Hall–Kier alpha value is -3.76. The van der Waals surface area contributed by atoms with Crippen LogP contribution in [0.25, 0.3) is 0 Å². The number of ether oxygens (including phenoxy) is 1. The molecule has 10 nitrogen and oxygen atoms in total. The minimum absolute atomic E-state index is 0.0397. The summed E-state index contributed by atoms with van der Waals surface area (Å²) in [5, 5.41) is 2.91. The van der Waals surface area contributed by atoms with Gasteiger partial charge in [0.25, 0.3) is 17.7 Å². The van der Waals surface area contributed by atoms with E-state index in [9.17, 15) is 14.4 Å². The first-order valence-electron chi connectivity index (χ1n) is 9.69. The summed E-state index contributed by atoms with van der Waals surface area (Å²) < 4.78 is 5.16.